The molecule has 0 saturated heterocycles. The summed E-state index contributed by atoms with van der Waals surface area (Å²) in [6.07, 6.45) is 2.18. The molecule has 0 spiro atoms. The van der Waals surface area contributed by atoms with Crippen molar-refractivity contribution in [3.63, 3.8) is 0 Å². The van der Waals surface area contributed by atoms with E-state index in [1.165, 1.54) is 31.4 Å². The molecule has 2 atom stereocenters. The van der Waals surface area contributed by atoms with Crippen LogP contribution in [-0.2, 0) is 27.2 Å². The molecule has 0 radical (unpaired) electrons. The molecule has 184 valence electrons. The summed E-state index contributed by atoms with van der Waals surface area (Å²) in [6, 6.07) is 19.9. The predicted molar refractivity (Wildman–Crippen MR) is 134 cm³/mol. The minimum atomic E-state index is -1.01. The smallest absolute Gasteiger partial charge is 0.328 e. The first-order chi connectivity index (χ1) is 17.4. The van der Waals surface area contributed by atoms with Gasteiger partial charge in [0.2, 0.25) is 5.91 Å². The normalized spacial score (nSPS) is 12.5. The van der Waals surface area contributed by atoms with E-state index in [1.54, 1.807) is 6.20 Å². The highest BCUT2D eigenvalue weighted by Gasteiger charge is 2.28. The molecule has 0 unspecified atom stereocenters. The number of nitrogens with one attached hydrogen (secondary N) is 3. The van der Waals surface area contributed by atoms with Gasteiger partial charge in [0.1, 0.15) is 17.9 Å². The summed E-state index contributed by atoms with van der Waals surface area (Å²) < 4.78 is 18.2. The molecule has 3 N–H and O–H groups in total. The van der Waals surface area contributed by atoms with Crippen LogP contribution in [0.25, 0.3) is 10.9 Å². The average molecular weight is 488 g/mol. The number of H-pyrrole nitrogens is 1. The number of benzene rings is 3. The van der Waals surface area contributed by atoms with Gasteiger partial charge in [0.15, 0.2) is 0 Å². The molecule has 0 saturated carbocycles. The van der Waals surface area contributed by atoms with Crippen molar-refractivity contribution in [2.24, 2.45) is 0 Å². The number of esters is 1. The summed E-state index contributed by atoms with van der Waals surface area (Å²) in [7, 11) is 1.26. The number of para-hydroxylation sites is 1. The molecule has 36 heavy (non-hydrogen) atoms. The van der Waals surface area contributed by atoms with Crippen LogP contribution in [0.4, 0.5) is 4.39 Å². The fourth-order valence-corrected chi connectivity index (χ4v) is 4.03. The average Bonchev–Trinajstić information content (AvgIpc) is 3.31. The van der Waals surface area contributed by atoms with Crippen LogP contribution in [0.1, 0.15) is 21.5 Å². The Bertz CT molecular complexity index is 1350. The van der Waals surface area contributed by atoms with E-state index >= 15 is 0 Å². The summed E-state index contributed by atoms with van der Waals surface area (Å²) in [5.41, 5.74) is 2.77. The standard InChI is InChI=1S/C28H26FN3O4/c1-36-28(35)25(15-18-7-3-2-4-8-18)32-27(34)24(31-26(33)19-11-13-21(29)14-12-19)16-20-17-30-23-10-6-5-9-22(20)23/h2-14,17,24-25,30H,15-16H2,1H3,(H,31,33)(H,32,34)/t24-,25-/m1/s1. The topological polar surface area (TPSA) is 100 Å². The third-order valence-electron chi connectivity index (χ3n) is 5.91. The lowest BCUT2D eigenvalue weighted by molar-refractivity contribution is -0.145. The van der Waals surface area contributed by atoms with Crippen molar-refractivity contribution in [3.05, 3.63) is 108 Å². The molecule has 0 fully saturated rings. The maximum Gasteiger partial charge on any atom is 0.328 e. The molecule has 0 aliphatic carbocycles. The quantitative estimate of drug-likeness (QED) is 0.315. The van der Waals surface area contributed by atoms with Crippen LogP contribution < -0.4 is 10.6 Å². The monoisotopic (exact) mass is 487 g/mol. The van der Waals surface area contributed by atoms with Gasteiger partial charge in [-0.25, -0.2) is 9.18 Å². The number of carbonyl (C=O) groups is 3. The van der Waals surface area contributed by atoms with Crippen molar-refractivity contribution >= 4 is 28.7 Å². The number of methoxy groups -OCH3 is 1. The first-order valence-corrected chi connectivity index (χ1v) is 11.5. The molecule has 3 aromatic carbocycles. The van der Waals surface area contributed by atoms with Gasteiger partial charge in [-0.2, -0.15) is 0 Å². The third-order valence-corrected chi connectivity index (χ3v) is 5.91. The lowest BCUT2D eigenvalue weighted by Crippen LogP contribution is -2.53. The highest BCUT2D eigenvalue weighted by molar-refractivity contribution is 5.98. The molecule has 2 amide bonds. The Morgan fingerprint density at radius 3 is 2.28 bits per heavy atom. The van der Waals surface area contributed by atoms with E-state index in [2.05, 4.69) is 15.6 Å². The van der Waals surface area contributed by atoms with Gasteiger partial charge in [0.25, 0.3) is 5.91 Å². The molecule has 0 bridgehead atoms. The summed E-state index contributed by atoms with van der Waals surface area (Å²) in [6.45, 7) is 0. The molecule has 1 aromatic heterocycles. The van der Waals surface area contributed by atoms with Gasteiger partial charge in [-0.1, -0.05) is 48.5 Å². The van der Waals surface area contributed by atoms with E-state index in [9.17, 15) is 18.8 Å². The van der Waals surface area contributed by atoms with Gasteiger partial charge in [-0.15, -0.1) is 0 Å². The molecule has 0 aliphatic heterocycles. The van der Waals surface area contributed by atoms with Crippen LogP contribution in [0.5, 0.6) is 0 Å². The summed E-state index contributed by atoms with van der Waals surface area (Å²) in [4.78, 5) is 42.0. The van der Waals surface area contributed by atoms with Gasteiger partial charge < -0.3 is 20.4 Å². The van der Waals surface area contributed by atoms with Gasteiger partial charge >= 0.3 is 5.97 Å². The maximum absolute atomic E-state index is 13.4. The third kappa shape index (κ3) is 5.96. The maximum atomic E-state index is 13.4. The highest BCUT2D eigenvalue weighted by atomic mass is 19.1. The minimum Gasteiger partial charge on any atom is -0.467 e. The van der Waals surface area contributed by atoms with Crippen molar-refractivity contribution < 1.29 is 23.5 Å². The van der Waals surface area contributed by atoms with Crippen LogP contribution in [0.15, 0.2) is 85.1 Å². The molecule has 1 heterocycles. The lowest BCUT2D eigenvalue weighted by Gasteiger charge is -2.22. The first kappa shape index (κ1) is 24.7. The molecule has 4 aromatic rings. The summed E-state index contributed by atoms with van der Waals surface area (Å²) in [5, 5.41) is 6.40. The van der Waals surface area contributed by atoms with Crippen molar-refractivity contribution in [1.29, 1.82) is 0 Å². The Kier molecular flexibility index (Phi) is 7.75. The number of ether oxygens (including phenoxy) is 1. The van der Waals surface area contributed by atoms with Gasteiger partial charge in [0.05, 0.1) is 7.11 Å². The Morgan fingerprint density at radius 2 is 1.56 bits per heavy atom. The van der Waals surface area contributed by atoms with E-state index in [-0.39, 0.29) is 18.4 Å². The number of aromatic nitrogens is 1. The van der Waals surface area contributed by atoms with Crippen LogP contribution in [0.2, 0.25) is 0 Å². The number of halogens is 1. The Balaban J connectivity index is 1.59. The van der Waals surface area contributed by atoms with Crippen LogP contribution in [0, 0.1) is 5.82 Å². The fraction of sp³-hybridized carbons (Fsp3) is 0.179. The van der Waals surface area contributed by atoms with Crippen molar-refractivity contribution in [1.82, 2.24) is 15.6 Å². The Morgan fingerprint density at radius 1 is 0.861 bits per heavy atom. The van der Waals surface area contributed by atoms with Crippen LogP contribution in [-0.4, -0.2) is 42.0 Å². The minimum absolute atomic E-state index is 0.169. The second-order valence-electron chi connectivity index (χ2n) is 8.37. The van der Waals surface area contributed by atoms with Gasteiger partial charge in [0, 0.05) is 35.5 Å². The number of hydrogen-bond acceptors (Lipinski definition) is 4. The zero-order valence-corrected chi connectivity index (χ0v) is 19.7. The SMILES string of the molecule is COC(=O)[C@@H](Cc1ccccc1)NC(=O)[C@@H](Cc1c[nH]c2ccccc12)NC(=O)c1ccc(F)cc1. The second kappa shape index (κ2) is 11.3. The van der Waals surface area contributed by atoms with Crippen molar-refractivity contribution in [2.45, 2.75) is 24.9 Å². The zero-order valence-electron chi connectivity index (χ0n) is 19.7. The second-order valence-corrected chi connectivity index (χ2v) is 8.37. The van der Waals surface area contributed by atoms with E-state index in [0.29, 0.717) is 0 Å². The van der Waals surface area contributed by atoms with E-state index in [1.807, 2.05) is 54.6 Å². The Labute approximate surface area is 207 Å². The predicted octanol–water partition coefficient (Wildman–Crippen LogP) is 3.55. The van der Waals surface area contributed by atoms with Crippen LogP contribution >= 0.6 is 0 Å². The number of hydrogen-bond donors (Lipinski definition) is 3. The van der Waals surface area contributed by atoms with Gasteiger partial charge in [-0.3, -0.25) is 9.59 Å². The number of carbonyl (C=O) groups excluding carboxylic acids is 3. The lowest BCUT2D eigenvalue weighted by atomic mass is 10.0. The van der Waals surface area contributed by atoms with E-state index in [4.69, 9.17) is 4.74 Å². The molecule has 4 rings (SSSR count). The highest BCUT2D eigenvalue weighted by Crippen LogP contribution is 2.19. The summed E-state index contributed by atoms with van der Waals surface area (Å²) >= 11 is 0. The molecule has 0 aliphatic rings. The molecule has 8 heteroatoms. The first-order valence-electron chi connectivity index (χ1n) is 11.5. The van der Waals surface area contributed by atoms with Crippen molar-refractivity contribution in [2.75, 3.05) is 7.11 Å². The largest absolute Gasteiger partial charge is 0.467 e. The molecular formula is C28H26FN3O4. The van der Waals surface area contributed by atoms with E-state index < -0.39 is 35.7 Å². The van der Waals surface area contributed by atoms with Crippen LogP contribution in [0.3, 0.4) is 0 Å². The molecular weight excluding hydrogens is 461 g/mol. The number of fused-ring (bicyclic) bond motifs is 1. The fourth-order valence-electron chi connectivity index (χ4n) is 4.03. The Hall–Kier alpha value is -4.46. The van der Waals surface area contributed by atoms with E-state index in [0.717, 1.165) is 22.0 Å². The van der Waals surface area contributed by atoms with Gasteiger partial charge in [-0.05, 0) is 41.5 Å². The zero-order chi connectivity index (χ0) is 25.5. The number of amides is 2. The summed E-state index contributed by atoms with van der Waals surface area (Å²) in [5.74, 6) is -2.14. The number of aromatic amines is 1. The molecule has 7 nitrogen and oxygen atoms in total. The van der Waals surface area contributed by atoms with Crippen molar-refractivity contribution in [3.8, 4) is 0 Å². The number of rotatable bonds is 9.